The number of nitrogens with zero attached hydrogens (tertiary/aromatic N) is 3. The Morgan fingerprint density at radius 2 is 2.00 bits per heavy atom. The van der Waals surface area contributed by atoms with Crippen molar-refractivity contribution in [3.05, 3.63) is 28.0 Å². The Labute approximate surface area is 105 Å². The fourth-order valence-corrected chi connectivity index (χ4v) is 1.34. The molecule has 1 aromatic rings. The minimum absolute atomic E-state index is 0.0516. The fourth-order valence-electron chi connectivity index (χ4n) is 0.999. The van der Waals surface area contributed by atoms with Crippen molar-refractivity contribution in [1.29, 1.82) is 5.26 Å². The molecule has 0 amide bonds. The molecule has 6 nitrogen and oxygen atoms in total. The first-order valence-corrected chi connectivity index (χ1v) is 5.06. The van der Waals surface area contributed by atoms with Crippen LogP contribution >= 0.6 is 15.9 Å². The maximum Gasteiger partial charge on any atom is 0.223 e. The molecule has 0 atom stereocenters. The van der Waals surface area contributed by atoms with E-state index in [1.807, 2.05) is 6.07 Å². The van der Waals surface area contributed by atoms with Gasteiger partial charge in [-0.15, -0.1) is 0 Å². The van der Waals surface area contributed by atoms with Crippen LogP contribution in [-0.4, -0.2) is 11.9 Å². The molecule has 17 heavy (non-hydrogen) atoms. The van der Waals surface area contributed by atoms with Crippen LogP contribution in [0.25, 0.3) is 0 Å². The topological polar surface area (TPSA) is 127 Å². The van der Waals surface area contributed by atoms with Gasteiger partial charge in [0, 0.05) is 6.07 Å². The van der Waals surface area contributed by atoms with Crippen LogP contribution in [0.1, 0.15) is 5.56 Å². The highest BCUT2D eigenvalue weighted by atomic mass is 79.9. The summed E-state index contributed by atoms with van der Waals surface area (Å²) in [5, 5.41) is 8.84. The van der Waals surface area contributed by atoms with Crippen LogP contribution in [-0.2, 0) is 0 Å². The first kappa shape index (κ1) is 12.9. The van der Waals surface area contributed by atoms with E-state index in [9.17, 15) is 4.39 Å². The van der Waals surface area contributed by atoms with E-state index >= 15 is 0 Å². The Bertz CT molecular complexity index is 541. The van der Waals surface area contributed by atoms with Gasteiger partial charge in [0.25, 0.3) is 0 Å². The average Bonchev–Trinajstić information content (AvgIpc) is 2.21. The summed E-state index contributed by atoms with van der Waals surface area (Å²) in [6, 6.07) is 4.19. The highest BCUT2D eigenvalue weighted by Crippen LogP contribution is 2.26. The highest BCUT2D eigenvalue weighted by Gasteiger charge is 2.07. The summed E-state index contributed by atoms with van der Waals surface area (Å²) in [6.07, 6.45) is 0. The standard InChI is InChI=1S/C9H8BrFN6/c10-5-1-4(3-12)7(2-6(5)11)16-9(15)17-8(13)14/h1-2H,(H6,13,14,15,16,17). The molecule has 0 aliphatic rings. The second-order valence-corrected chi connectivity index (χ2v) is 3.76. The molecule has 0 aromatic heterocycles. The average molecular weight is 299 g/mol. The van der Waals surface area contributed by atoms with Crippen LogP contribution in [0.5, 0.6) is 0 Å². The summed E-state index contributed by atoms with van der Waals surface area (Å²) in [5.74, 6) is -1.11. The van der Waals surface area contributed by atoms with Gasteiger partial charge in [-0.2, -0.15) is 10.3 Å². The first-order chi connectivity index (χ1) is 7.93. The van der Waals surface area contributed by atoms with Crippen LogP contribution in [0.15, 0.2) is 26.6 Å². The quantitative estimate of drug-likeness (QED) is 0.520. The zero-order valence-electron chi connectivity index (χ0n) is 8.48. The summed E-state index contributed by atoms with van der Waals surface area (Å²) in [7, 11) is 0. The normalized spacial score (nSPS) is 10.8. The van der Waals surface area contributed by atoms with E-state index in [4.69, 9.17) is 22.5 Å². The molecule has 0 aliphatic heterocycles. The van der Waals surface area contributed by atoms with Gasteiger partial charge in [0.05, 0.1) is 15.7 Å². The van der Waals surface area contributed by atoms with E-state index in [0.717, 1.165) is 6.07 Å². The Morgan fingerprint density at radius 1 is 1.35 bits per heavy atom. The van der Waals surface area contributed by atoms with Gasteiger partial charge in [0.1, 0.15) is 11.9 Å². The van der Waals surface area contributed by atoms with Gasteiger partial charge in [0.2, 0.25) is 5.96 Å². The Kier molecular flexibility index (Phi) is 4.01. The molecule has 8 heteroatoms. The third-order valence-electron chi connectivity index (χ3n) is 1.64. The number of hydrogen-bond acceptors (Lipinski definition) is 2. The van der Waals surface area contributed by atoms with Crippen LogP contribution in [0.4, 0.5) is 10.1 Å². The minimum Gasteiger partial charge on any atom is -0.370 e. The predicted octanol–water partition coefficient (Wildman–Crippen LogP) is 0.679. The number of guanidine groups is 2. The van der Waals surface area contributed by atoms with Crippen LogP contribution < -0.4 is 17.2 Å². The summed E-state index contributed by atoms with van der Waals surface area (Å²) in [4.78, 5) is 7.19. The van der Waals surface area contributed by atoms with Gasteiger partial charge in [-0.25, -0.2) is 9.38 Å². The molecular formula is C9H8BrFN6. The monoisotopic (exact) mass is 298 g/mol. The second kappa shape index (κ2) is 5.27. The van der Waals surface area contributed by atoms with Gasteiger partial charge in [0.15, 0.2) is 5.96 Å². The summed E-state index contributed by atoms with van der Waals surface area (Å²) < 4.78 is 13.4. The molecular weight excluding hydrogens is 291 g/mol. The zero-order valence-corrected chi connectivity index (χ0v) is 10.1. The Hall–Kier alpha value is -2.14. The molecule has 0 unspecified atom stereocenters. The van der Waals surface area contributed by atoms with Crippen molar-refractivity contribution in [1.82, 2.24) is 0 Å². The van der Waals surface area contributed by atoms with Gasteiger partial charge in [-0.3, -0.25) is 0 Å². The SMILES string of the molecule is N#Cc1cc(Br)c(F)cc1N=C(N)N=C(N)N. The van der Waals surface area contributed by atoms with E-state index in [0.29, 0.717) is 0 Å². The third kappa shape index (κ3) is 3.42. The van der Waals surface area contributed by atoms with Gasteiger partial charge >= 0.3 is 0 Å². The van der Waals surface area contributed by atoms with Crippen LogP contribution in [0.3, 0.4) is 0 Å². The molecule has 0 radical (unpaired) electrons. The fraction of sp³-hybridized carbons (Fsp3) is 0. The highest BCUT2D eigenvalue weighted by molar-refractivity contribution is 9.10. The van der Waals surface area contributed by atoms with E-state index < -0.39 is 5.82 Å². The zero-order chi connectivity index (χ0) is 13.0. The number of halogens is 2. The molecule has 0 spiro atoms. The lowest BCUT2D eigenvalue weighted by Gasteiger charge is -2.01. The van der Waals surface area contributed by atoms with Gasteiger partial charge in [-0.1, -0.05) is 0 Å². The van der Waals surface area contributed by atoms with E-state index in [2.05, 4.69) is 25.9 Å². The maximum absolute atomic E-state index is 13.3. The molecule has 1 rings (SSSR count). The lowest BCUT2D eigenvalue weighted by molar-refractivity contribution is 0.621. The molecule has 0 aliphatic carbocycles. The van der Waals surface area contributed by atoms with E-state index in [1.54, 1.807) is 0 Å². The number of nitrogens with two attached hydrogens (primary N) is 3. The van der Waals surface area contributed by atoms with E-state index in [1.165, 1.54) is 6.07 Å². The Balaban J connectivity index is 3.28. The predicted molar refractivity (Wildman–Crippen MR) is 65.9 cm³/mol. The summed E-state index contributed by atoms with van der Waals surface area (Å²) in [6.45, 7) is 0. The molecule has 88 valence electrons. The van der Waals surface area contributed by atoms with Crippen molar-refractivity contribution in [2.24, 2.45) is 27.2 Å². The summed E-state index contributed by atoms with van der Waals surface area (Å²) >= 11 is 2.95. The molecule has 0 heterocycles. The van der Waals surface area contributed by atoms with E-state index in [-0.39, 0.29) is 27.6 Å². The molecule has 6 N–H and O–H groups in total. The Morgan fingerprint density at radius 3 is 2.53 bits per heavy atom. The minimum atomic E-state index is -0.569. The number of rotatable bonds is 1. The molecule has 0 saturated heterocycles. The maximum atomic E-state index is 13.3. The van der Waals surface area contributed by atoms with Crippen molar-refractivity contribution < 1.29 is 4.39 Å². The molecule has 1 aromatic carbocycles. The largest absolute Gasteiger partial charge is 0.370 e. The number of nitriles is 1. The van der Waals surface area contributed by atoms with Crippen molar-refractivity contribution in [2.45, 2.75) is 0 Å². The lowest BCUT2D eigenvalue weighted by Crippen LogP contribution is -2.26. The first-order valence-electron chi connectivity index (χ1n) is 4.27. The lowest BCUT2D eigenvalue weighted by atomic mass is 10.2. The smallest absolute Gasteiger partial charge is 0.223 e. The number of aliphatic imine (C=N–C) groups is 2. The van der Waals surface area contributed by atoms with Crippen molar-refractivity contribution in [2.75, 3.05) is 0 Å². The van der Waals surface area contributed by atoms with Crippen molar-refractivity contribution in [3.8, 4) is 6.07 Å². The number of benzene rings is 1. The van der Waals surface area contributed by atoms with Gasteiger partial charge < -0.3 is 17.2 Å². The van der Waals surface area contributed by atoms with Crippen LogP contribution in [0, 0.1) is 17.1 Å². The molecule has 0 saturated carbocycles. The molecule has 0 fully saturated rings. The summed E-state index contributed by atoms with van der Waals surface area (Å²) in [5.41, 5.74) is 15.8. The number of hydrogen-bond donors (Lipinski definition) is 3. The van der Waals surface area contributed by atoms with Crippen molar-refractivity contribution >= 4 is 33.5 Å². The second-order valence-electron chi connectivity index (χ2n) is 2.90. The van der Waals surface area contributed by atoms with Crippen molar-refractivity contribution in [3.63, 3.8) is 0 Å². The van der Waals surface area contributed by atoms with Gasteiger partial charge in [-0.05, 0) is 22.0 Å². The molecule has 0 bridgehead atoms. The van der Waals surface area contributed by atoms with Crippen LogP contribution in [0.2, 0.25) is 0 Å². The third-order valence-corrected chi connectivity index (χ3v) is 2.25.